The average molecular weight is 492 g/mol. The Hall–Kier alpha value is -1.91. The molecule has 0 radical (unpaired) electrons. The molecule has 1 aromatic carbocycles. The number of hydrogen-bond acceptors (Lipinski definition) is 3. The molecule has 0 fully saturated rings. The molecule has 1 N–H and O–H groups in total. The Morgan fingerprint density at radius 2 is 1.34 bits per heavy atom. The minimum atomic E-state index is -0.720. The maximum absolute atomic E-state index is 13.4. The number of benzene rings is 1. The number of hydrogen-bond donors (Lipinski definition) is 1. The summed E-state index contributed by atoms with van der Waals surface area (Å²) in [5, 5.41) is 2.72. The number of carbonyl (C=O) groups excluding carboxylic acids is 2. The summed E-state index contributed by atoms with van der Waals surface area (Å²) in [5.41, 5.74) is 0.203. The smallest absolute Gasteiger partial charge is 0.328 e. The Kier molecular flexibility index (Phi) is 18.0. The van der Waals surface area contributed by atoms with Gasteiger partial charge in [-0.2, -0.15) is 0 Å². The van der Waals surface area contributed by atoms with Crippen LogP contribution in [0.3, 0.4) is 0 Å². The summed E-state index contributed by atoms with van der Waals surface area (Å²) in [4.78, 5) is 25.0. The first-order valence-electron chi connectivity index (χ1n) is 14.2. The van der Waals surface area contributed by atoms with E-state index in [0.29, 0.717) is 13.0 Å². The molecule has 1 atom stereocenters. The van der Waals surface area contributed by atoms with E-state index in [1.165, 1.54) is 108 Å². The van der Waals surface area contributed by atoms with E-state index in [0.717, 1.165) is 12.8 Å². The third-order valence-corrected chi connectivity index (χ3v) is 6.38. The van der Waals surface area contributed by atoms with Crippen LogP contribution in [0.5, 0.6) is 0 Å². The van der Waals surface area contributed by atoms with Gasteiger partial charge in [0, 0.05) is 5.56 Å². The van der Waals surface area contributed by atoms with Gasteiger partial charge in [0.05, 0.1) is 6.61 Å². The summed E-state index contributed by atoms with van der Waals surface area (Å²) in [6.07, 6.45) is 19.8. The minimum absolute atomic E-state index is 0.203. The second kappa shape index (κ2) is 20.3. The van der Waals surface area contributed by atoms with Crippen LogP contribution in [0.25, 0.3) is 0 Å². The van der Waals surface area contributed by atoms with Gasteiger partial charge in [-0.25, -0.2) is 9.18 Å². The van der Waals surface area contributed by atoms with Gasteiger partial charge in [-0.3, -0.25) is 4.79 Å². The molecule has 0 aliphatic heterocycles. The molecule has 35 heavy (non-hydrogen) atoms. The third-order valence-electron chi connectivity index (χ3n) is 6.38. The van der Waals surface area contributed by atoms with Gasteiger partial charge >= 0.3 is 5.97 Å². The molecule has 0 heterocycles. The van der Waals surface area contributed by atoms with Gasteiger partial charge in [-0.1, -0.05) is 117 Å². The van der Waals surface area contributed by atoms with Crippen LogP contribution in [-0.2, 0) is 9.53 Å². The summed E-state index contributed by atoms with van der Waals surface area (Å²) < 4.78 is 18.9. The van der Waals surface area contributed by atoms with Gasteiger partial charge in [0.15, 0.2) is 0 Å². The minimum Gasteiger partial charge on any atom is -0.464 e. The van der Waals surface area contributed by atoms with Crippen molar-refractivity contribution >= 4 is 11.9 Å². The molecule has 1 unspecified atom stereocenters. The first-order chi connectivity index (χ1) is 16.9. The van der Waals surface area contributed by atoms with Crippen LogP contribution in [0.1, 0.15) is 134 Å². The summed E-state index contributed by atoms with van der Waals surface area (Å²) in [6, 6.07) is 4.75. The molecular weight excluding hydrogens is 441 g/mol. The van der Waals surface area contributed by atoms with Crippen molar-refractivity contribution in [2.45, 2.75) is 130 Å². The van der Waals surface area contributed by atoms with Gasteiger partial charge in [0.25, 0.3) is 5.91 Å². The highest BCUT2D eigenvalue weighted by Crippen LogP contribution is 2.14. The Labute approximate surface area is 213 Å². The molecule has 5 heteroatoms. The Balaban J connectivity index is 2.10. The molecule has 1 rings (SSSR count). The molecule has 0 aromatic heterocycles. The van der Waals surface area contributed by atoms with Crippen molar-refractivity contribution in [2.75, 3.05) is 6.61 Å². The molecule has 1 aromatic rings. The lowest BCUT2D eigenvalue weighted by atomic mass is 10.0. The van der Waals surface area contributed by atoms with Gasteiger partial charge in [0.1, 0.15) is 11.9 Å². The van der Waals surface area contributed by atoms with Crippen LogP contribution in [0.2, 0.25) is 0 Å². The van der Waals surface area contributed by atoms with Gasteiger partial charge in [-0.15, -0.1) is 0 Å². The number of amides is 1. The summed E-state index contributed by atoms with van der Waals surface area (Å²) >= 11 is 0. The standard InChI is InChI=1S/C30H50FNO3/c1-4-5-6-7-8-9-10-11-12-13-14-15-16-17-18-22-35-30(34)28(23-25(2)3)32-29(33)26-20-19-21-27(31)24-26/h19-21,24-25,28H,4-18,22-23H2,1-3H3,(H,32,33). The molecule has 1 amide bonds. The molecule has 0 bridgehead atoms. The highest BCUT2D eigenvalue weighted by molar-refractivity contribution is 5.96. The summed E-state index contributed by atoms with van der Waals surface area (Å²) in [6.45, 7) is 6.62. The highest BCUT2D eigenvalue weighted by atomic mass is 19.1. The molecule has 0 saturated heterocycles. The maximum Gasteiger partial charge on any atom is 0.328 e. The Morgan fingerprint density at radius 3 is 1.83 bits per heavy atom. The zero-order valence-electron chi connectivity index (χ0n) is 22.6. The van der Waals surface area contributed by atoms with Crippen molar-refractivity contribution in [1.82, 2.24) is 5.32 Å². The summed E-state index contributed by atoms with van der Waals surface area (Å²) in [5.74, 6) is -1.13. The molecule has 200 valence electrons. The maximum atomic E-state index is 13.4. The lowest BCUT2D eigenvalue weighted by Gasteiger charge is -2.19. The van der Waals surface area contributed by atoms with E-state index in [1.807, 2.05) is 13.8 Å². The van der Waals surface area contributed by atoms with Crippen LogP contribution >= 0.6 is 0 Å². The van der Waals surface area contributed by atoms with E-state index in [-0.39, 0.29) is 11.5 Å². The fourth-order valence-corrected chi connectivity index (χ4v) is 4.30. The number of esters is 1. The third kappa shape index (κ3) is 16.4. The van der Waals surface area contributed by atoms with E-state index in [2.05, 4.69) is 12.2 Å². The molecule has 0 aliphatic carbocycles. The highest BCUT2D eigenvalue weighted by Gasteiger charge is 2.24. The number of ether oxygens (including phenoxy) is 1. The second-order valence-corrected chi connectivity index (χ2v) is 10.3. The van der Waals surface area contributed by atoms with Crippen molar-refractivity contribution in [1.29, 1.82) is 0 Å². The van der Waals surface area contributed by atoms with Crippen molar-refractivity contribution in [3.63, 3.8) is 0 Å². The van der Waals surface area contributed by atoms with Gasteiger partial charge in [0.2, 0.25) is 0 Å². The zero-order chi connectivity index (χ0) is 25.7. The van der Waals surface area contributed by atoms with Gasteiger partial charge in [-0.05, 0) is 37.0 Å². The van der Waals surface area contributed by atoms with E-state index < -0.39 is 23.7 Å². The van der Waals surface area contributed by atoms with Crippen molar-refractivity contribution in [3.05, 3.63) is 35.6 Å². The Bertz CT molecular complexity index is 692. The van der Waals surface area contributed by atoms with Crippen molar-refractivity contribution < 1.29 is 18.7 Å². The topological polar surface area (TPSA) is 55.4 Å². The first-order valence-corrected chi connectivity index (χ1v) is 14.2. The molecule has 0 spiro atoms. The number of rotatable bonds is 21. The van der Waals surface area contributed by atoms with E-state index >= 15 is 0 Å². The number of carbonyl (C=O) groups is 2. The van der Waals surface area contributed by atoms with Crippen LogP contribution < -0.4 is 5.32 Å². The zero-order valence-corrected chi connectivity index (χ0v) is 22.6. The summed E-state index contributed by atoms with van der Waals surface area (Å²) in [7, 11) is 0. The average Bonchev–Trinajstić information content (AvgIpc) is 2.83. The molecule has 0 aliphatic rings. The predicted octanol–water partition coefficient (Wildman–Crippen LogP) is 8.38. The molecular formula is C30H50FNO3. The number of nitrogens with one attached hydrogen (secondary N) is 1. The fourth-order valence-electron chi connectivity index (χ4n) is 4.30. The largest absolute Gasteiger partial charge is 0.464 e. The molecule has 4 nitrogen and oxygen atoms in total. The quantitative estimate of drug-likeness (QED) is 0.139. The van der Waals surface area contributed by atoms with E-state index in [1.54, 1.807) is 0 Å². The normalized spacial score (nSPS) is 12.0. The predicted molar refractivity (Wildman–Crippen MR) is 143 cm³/mol. The van der Waals surface area contributed by atoms with Crippen LogP contribution in [-0.4, -0.2) is 24.5 Å². The lowest BCUT2D eigenvalue weighted by Crippen LogP contribution is -2.42. The molecule has 0 saturated carbocycles. The van der Waals surface area contributed by atoms with Crippen LogP contribution in [0, 0.1) is 11.7 Å². The van der Waals surface area contributed by atoms with Crippen LogP contribution in [0.4, 0.5) is 4.39 Å². The Morgan fingerprint density at radius 1 is 0.829 bits per heavy atom. The SMILES string of the molecule is CCCCCCCCCCCCCCCCCOC(=O)C(CC(C)C)NC(=O)c1cccc(F)c1. The van der Waals surface area contributed by atoms with E-state index in [4.69, 9.17) is 4.74 Å². The van der Waals surface area contributed by atoms with Crippen molar-refractivity contribution in [2.24, 2.45) is 5.92 Å². The van der Waals surface area contributed by atoms with Crippen molar-refractivity contribution in [3.8, 4) is 0 Å². The van der Waals surface area contributed by atoms with Gasteiger partial charge < -0.3 is 10.1 Å². The fraction of sp³-hybridized carbons (Fsp3) is 0.733. The monoisotopic (exact) mass is 491 g/mol. The van der Waals surface area contributed by atoms with Crippen LogP contribution in [0.15, 0.2) is 24.3 Å². The lowest BCUT2D eigenvalue weighted by molar-refractivity contribution is -0.146. The second-order valence-electron chi connectivity index (χ2n) is 10.3. The first kappa shape index (κ1) is 31.1. The number of unbranched alkanes of at least 4 members (excludes halogenated alkanes) is 14. The number of halogens is 1. The van der Waals surface area contributed by atoms with E-state index in [9.17, 15) is 14.0 Å².